The fourth-order valence-corrected chi connectivity index (χ4v) is 3.99. The third-order valence-corrected chi connectivity index (χ3v) is 5.55. The number of cyclic esters (lactones) is 1. The van der Waals surface area contributed by atoms with Gasteiger partial charge in [-0.25, -0.2) is 4.79 Å². The third-order valence-electron chi connectivity index (χ3n) is 5.55. The standard InChI is InChI=1S/C25H22N2O5/c28-24(14-22-19-6-1-2-7-20(19)25(29)32-22)27(16-18-5-3-4-10-26-18)15-17-8-9-21-23(13-17)31-12-11-30-21/h1-10,13,22H,11-12,14-16H2. The summed E-state index contributed by atoms with van der Waals surface area (Å²) in [6.07, 6.45) is 1.19. The number of benzene rings is 2. The van der Waals surface area contributed by atoms with Gasteiger partial charge in [0.2, 0.25) is 5.91 Å². The molecule has 0 radical (unpaired) electrons. The first-order chi connectivity index (χ1) is 15.7. The van der Waals surface area contributed by atoms with E-state index in [9.17, 15) is 9.59 Å². The molecule has 2 aromatic carbocycles. The summed E-state index contributed by atoms with van der Waals surface area (Å²) >= 11 is 0. The Labute approximate surface area is 185 Å². The monoisotopic (exact) mass is 430 g/mol. The van der Waals surface area contributed by atoms with Gasteiger partial charge in [-0.3, -0.25) is 9.78 Å². The zero-order chi connectivity index (χ0) is 21.9. The van der Waals surface area contributed by atoms with Crippen LogP contribution in [0.3, 0.4) is 0 Å². The maximum Gasteiger partial charge on any atom is 0.339 e. The second kappa shape index (κ2) is 8.70. The SMILES string of the molecule is O=C1OC(CC(=O)N(Cc2ccc3c(c2)OCCO3)Cc2ccccn2)c2ccccc21. The molecule has 32 heavy (non-hydrogen) atoms. The molecule has 0 N–H and O–H groups in total. The van der Waals surface area contributed by atoms with E-state index in [1.807, 2.05) is 48.5 Å². The minimum Gasteiger partial charge on any atom is -0.486 e. The summed E-state index contributed by atoms with van der Waals surface area (Å²) in [6.45, 7) is 1.74. The van der Waals surface area contributed by atoms with Crippen molar-refractivity contribution in [2.24, 2.45) is 0 Å². The number of ether oxygens (including phenoxy) is 3. The van der Waals surface area contributed by atoms with Crippen LogP contribution in [0.4, 0.5) is 0 Å². The second-order valence-corrected chi connectivity index (χ2v) is 7.73. The average Bonchev–Trinajstić information content (AvgIpc) is 3.14. The molecular formula is C25H22N2O5. The minimum absolute atomic E-state index is 0.0696. The lowest BCUT2D eigenvalue weighted by molar-refractivity contribution is -0.134. The number of carbonyl (C=O) groups is 2. The van der Waals surface area contributed by atoms with Gasteiger partial charge in [0, 0.05) is 18.3 Å². The Bertz CT molecular complexity index is 1150. The van der Waals surface area contributed by atoms with Crippen LogP contribution in [0.15, 0.2) is 66.9 Å². The lowest BCUT2D eigenvalue weighted by Crippen LogP contribution is -2.31. The molecule has 1 atom stereocenters. The van der Waals surface area contributed by atoms with Crippen molar-refractivity contribution in [3.05, 3.63) is 89.2 Å². The van der Waals surface area contributed by atoms with E-state index in [1.165, 1.54) is 0 Å². The van der Waals surface area contributed by atoms with Gasteiger partial charge in [-0.15, -0.1) is 0 Å². The summed E-state index contributed by atoms with van der Waals surface area (Å²) in [5.41, 5.74) is 2.97. The van der Waals surface area contributed by atoms with Crippen molar-refractivity contribution < 1.29 is 23.8 Å². The smallest absolute Gasteiger partial charge is 0.339 e. The van der Waals surface area contributed by atoms with Crippen LogP contribution >= 0.6 is 0 Å². The molecule has 0 saturated carbocycles. The summed E-state index contributed by atoms with van der Waals surface area (Å²) in [4.78, 5) is 31.6. The third kappa shape index (κ3) is 4.14. The lowest BCUT2D eigenvalue weighted by atomic mass is 10.0. The highest BCUT2D eigenvalue weighted by Crippen LogP contribution is 2.34. The summed E-state index contributed by atoms with van der Waals surface area (Å²) in [5, 5.41) is 0. The van der Waals surface area contributed by atoms with Crippen LogP contribution in [0.5, 0.6) is 11.5 Å². The molecule has 1 amide bonds. The number of nitrogens with zero attached hydrogens (tertiary/aromatic N) is 2. The topological polar surface area (TPSA) is 78.0 Å². The highest BCUT2D eigenvalue weighted by atomic mass is 16.6. The van der Waals surface area contributed by atoms with Gasteiger partial charge in [0.25, 0.3) is 0 Å². The minimum atomic E-state index is -0.585. The predicted octanol–water partition coefficient (Wildman–Crippen LogP) is 3.68. The first-order valence-electron chi connectivity index (χ1n) is 10.5. The number of carbonyl (C=O) groups excluding carboxylic acids is 2. The maximum atomic E-state index is 13.4. The van der Waals surface area contributed by atoms with E-state index in [4.69, 9.17) is 14.2 Å². The molecule has 2 aliphatic heterocycles. The molecule has 0 fully saturated rings. The van der Waals surface area contributed by atoms with E-state index in [-0.39, 0.29) is 18.3 Å². The van der Waals surface area contributed by atoms with Crippen molar-refractivity contribution in [1.29, 1.82) is 0 Å². The van der Waals surface area contributed by atoms with Crippen molar-refractivity contribution in [3.63, 3.8) is 0 Å². The molecule has 3 heterocycles. The van der Waals surface area contributed by atoms with E-state index in [1.54, 1.807) is 23.2 Å². The molecule has 0 saturated heterocycles. The zero-order valence-electron chi connectivity index (χ0n) is 17.4. The van der Waals surface area contributed by atoms with Crippen LogP contribution in [0.2, 0.25) is 0 Å². The Morgan fingerprint density at radius 2 is 1.78 bits per heavy atom. The number of hydrogen-bond acceptors (Lipinski definition) is 6. The summed E-state index contributed by atoms with van der Waals surface area (Å²) < 4.78 is 16.8. The fourth-order valence-electron chi connectivity index (χ4n) is 3.99. The first kappa shape index (κ1) is 20.1. The number of amides is 1. The fraction of sp³-hybridized carbons (Fsp3) is 0.240. The van der Waals surface area contributed by atoms with Crippen LogP contribution in [-0.4, -0.2) is 35.0 Å². The Hall–Kier alpha value is -3.87. The van der Waals surface area contributed by atoms with E-state index in [0.717, 1.165) is 16.8 Å². The van der Waals surface area contributed by atoms with Gasteiger partial charge in [0.15, 0.2) is 11.5 Å². The average molecular weight is 430 g/mol. The van der Waals surface area contributed by atoms with Crippen molar-refractivity contribution in [2.75, 3.05) is 13.2 Å². The molecule has 1 unspecified atom stereocenters. The highest BCUT2D eigenvalue weighted by Gasteiger charge is 2.33. The number of aromatic nitrogens is 1. The van der Waals surface area contributed by atoms with E-state index < -0.39 is 6.10 Å². The molecule has 0 aliphatic carbocycles. The van der Waals surface area contributed by atoms with Gasteiger partial charge < -0.3 is 19.1 Å². The van der Waals surface area contributed by atoms with Crippen LogP contribution in [0.25, 0.3) is 0 Å². The second-order valence-electron chi connectivity index (χ2n) is 7.73. The van der Waals surface area contributed by atoms with Gasteiger partial charge in [-0.05, 0) is 35.9 Å². The van der Waals surface area contributed by atoms with E-state index in [0.29, 0.717) is 43.4 Å². The number of pyridine rings is 1. The summed E-state index contributed by atoms with van der Waals surface area (Å²) in [6, 6.07) is 18.5. The van der Waals surface area contributed by atoms with Crippen LogP contribution in [0.1, 0.15) is 39.7 Å². The van der Waals surface area contributed by atoms with Gasteiger partial charge in [0.1, 0.15) is 19.3 Å². The molecule has 1 aromatic heterocycles. The molecular weight excluding hydrogens is 408 g/mol. The van der Waals surface area contributed by atoms with Crippen LogP contribution in [0, 0.1) is 0 Å². The van der Waals surface area contributed by atoms with Crippen molar-refractivity contribution in [3.8, 4) is 11.5 Å². The molecule has 162 valence electrons. The Morgan fingerprint density at radius 3 is 2.62 bits per heavy atom. The van der Waals surface area contributed by atoms with Crippen molar-refractivity contribution in [1.82, 2.24) is 9.88 Å². The van der Waals surface area contributed by atoms with E-state index >= 15 is 0 Å². The first-order valence-corrected chi connectivity index (χ1v) is 10.5. The Kier molecular flexibility index (Phi) is 5.46. The van der Waals surface area contributed by atoms with Gasteiger partial charge in [0.05, 0.1) is 24.2 Å². The maximum absolute atomic E-state index is 13.4. The van der Waals surface area contributed by atoms with Gasteiger partial charge >= 0.3 is 5.97 Å². The number of esters is 1. The number of hydrogen-bond donors (Lipinski definition) is 0. The Balaban J connectivity index is 1.37. The van der Waals surface area contributed by atoms with Crippen molar-refractivity contribution in [2.45, 2.75) is 25.6 Å². The molecule has 5 rings (SSSR count). The molecule has 7 heteroatoms. The summed E-state index contributed by atoms with van der Waals surface area (Å²) in [5.74, 6) is 0.872. The number of fused-ring (bicyclic) bond motifs is 2. The normalized spacial score (nSPS) is 16.2. The molecule has 2 aliphatic rings. The van der Waals surface area contributed by atoms with Crippen LogP contribution < -0.4 is 9.47 Å². The van der Waals surface area contributed by atoms with Crippen LogP contribution in [-0.2, 0) is 22.6 Å². The van der Waals surface area contributed by atoms with Crippen molar-refractivity contribution >= 4 is 11.9 Å². The van der Waals surface area contributed by atoms with E-state index in [2.05, 4.69) is 4.98 Å². The number of rotatable bonds is 6. The highest BCUT2D eigenvalue weighted by molar-refractivity contribution is 5.94. The largest absolute Gasteiger partial charge is 0.486 e. The van der Waals surface area contributed by atoms with Gasteiger partial charge in [-0.1, -0.05) is 30.3 Å². The quantitative estimate of drug-likeness (QED) is 0.555. The zero-order valence-corrected chi connectivity index (χ0v) is 17.4. The molecule has 3 aromatic rings. The molecule has 7 nitrogen and oxygen atoms in total. The molecule has 0 spiro atoms. The van der Waals surface area contributed by atoms with Gasteiger partial charge in [-0.2, -0.15) is 0 Å². The summed E-state index contributed by atoms with van der Waals surface area (Å²) in [7, 11) is 0. The Morgan fingerprint density at radius 1 is 0.969 bits per heavy atom. The lowest BCUT2D eigenvalue weighted by Gasteiger charge is -2.25. The predicted molar refractivity (Wildman–Crippen MR) is 115 cm³/mol. The molecule has 0 bridgehead atoms.